The summed E-state index contributed by atoms with van der Waals surface area (Å²) in [6.07, 6.45) is 5.84. The van der Waals surface area contributed by atoms with Crippen LogP contribution in [0.2, 0.25) is 0 Å². The number of nitrogen functional groups attached to an aromatic ring is 1. The maximum absolute atomic E-state index is 13.4. The Morgan fingerprint density at radius 3 is 2.67 bits per heavy atom. The van der Waals surface area contributed by atoms with Crippen molar-refractivity contribution in [3.8, 4) is 0 Å². The maximum Gasteiger partial charge on any atom is 0.125 e. The SMILES string of the molecule is Nc1ccc(F)cc1N(CCO)C1CCCCC1. The third kappa shape index (κ3) is 2.93. The molecular formula is C14H21FN2O. The normalized spacial score (nSPS) is 16.8. The number of aliphatic hydroxyl groups excluding tert-OH is 1. The minimum atomic E-state index is -0.280. The van der Waals surface area contributed by atoms with Crippen LogP contribution in [0.3, 0.4) is 0 Å². The van der Waals surface area contributed by atoms with Crippen molar-refractivity contribution in [3.05, 3.63) is 24.0 Å². The minimum absolute atomic E-state index is 0.0620. The third-order valence-electron chi connectivity index (χ3n) is 3.66. The molecule has 1 saturated carbocycles. The monoisotopic (exact) mass is 252 g/mol. The molecule has 3 N–H and O–H groups in total. The van der Waals surface area contributed by atoms with Gasteiger partial charge in [-0.3, -0.25) is 0 Å². The van der Waals surface area contributed by atoms with Crippen LogP contribution < -0.4 is 10.6 Å². The standard InChI is InChI=1S/C14H21FN2O/c15-11-6-7-13(16)14(10-11)17(8-9-18)12-4-2-1-3-5-12/h6-7,10,12,18H,1-5,8-9,16H2. The zero-order chi connectivity index (χ0) is 13.0. The van der Waals surface area contributed by atoms with Gasteiger partial charge in [0.15, 0.2) is 0 Å². The van der Waals surface area contributed by atoms with E-state index in [1.807, 2.05) is 0 Å². The van der Waals surface area contributed by atoms with Gasteiger partial charge < -0.3 is 15.7 Å². The zero-order valence-corrected chi connectivity index (χ0v) is 10.6. The Morgan fingerprint density at radius 1 is 1.28 bits per heavy atom. The first-order chi connectivity index (χ1) is 8.72. The highest BCUT2D eigenvalue weighted by Crippen LogP contribution is 2.31. The Balaban J connectivity index is 2.24. The number of aliphatic hydroxyl groups is 1. The number of halogens is 1. The van der Waals surface area contributed by atoms with Gasteiger partial charge in [0.2, 0.25) is 0 Å². The zero-order valence-electron chi connectivity index (χ0n) is 10.6. The van der Waals surface area contributed by atoms with Gasteiger partial charge in [-0.15, -0.1) is 0 Å². The van der Waals surface area contributed by atoms with Crippen molar-refractivity contribution in [1.29, 1.82) is 0 Å². The molecule has 1 aromatic rings. The summed E-state index contributed by atoms with van der Waals surface area (Å²) in [7, 11) is 0. The van der Waals surface area contributed by atoms with E-state index in [9.17, 15) is 9.50 Å². The first-order valence-electron chi connectivity index (χ1n) is 6.65. The topological polar surface area (TPSA) is 49.5 Å². The smallest absolute Gasteiger partial charge is 0.125 e. The Bertz CT molecular complexity index is 391. The molecule has 0 bridgehead atoms. The van der Waals surface area contributed by atoms with Crippen LogP contribution in [-0.4, -0.2) is 24.3 Å². The number of rotatable bonds is 4. The van der Waals surface area contributed by atoms with Gasteiger partial charge in [0.1, 0.15) is 5.82 Å². The minimum Gasteiger partial charge on any atom is -0.397 e. The first-order valence-corrected chi connectivity index (χ1v) is 6.65. The number of nitrogens with two attached hydrogens (primary N) is 1. The first kappa shape index (κ1) is 13.1. The molecule has 0 aromatic heterocycles. The number of benzene rings is 1. The highest BCUT2D eigenvalue weighted by molar-refractivity contribution is 5.68. The lowest BCUT2D eigenvalue weighted by Gasteiger charge is -2.36. The van der Waals surface area contributed by atoms with Crippen LogP contribution in [0.25, 0.3) is 0 Å². The molecule has 18 heavy (non-hydrogen) atoms. The van der Waals surface area contributed by atoms with E-state index in [1.54, 1.807) is 6.07 Å². The second kappa shape index (κ2) is 6.05. The molecule has 0 radical (unpaired) electrons. The van der Waals surface area contributed by atoms with Crippen LogP contribution in [0.5, 0.6) is 0 Å². The molecule has 1 aromatic carbocycles. The van der Waals surface area contributed by atoms with E-state index >= 15 is 0 Å². The summed E-state index contributed by atoms with van der Waals surface area (Å²) in [6.45, 7) is 0.574. The van der Waals surface area contributed by atoms with Crippen molar-refractivity contribution in [2.24, 2.45) is 0 Å². The van der Waals surface area contributed by atoms with E-state index in [0.29, 0.717) is 18.3 Å². The third-order valence-corrected chi connectivity index (χ3v) is 3.66. The van der Waals surface area contributed by atoms with Gasteiger partial charge in [0.25, 0.3) is 0 Å². The molecule has 0 saturated heterocycles. The summed E-state index contributed by atoms with van der Waals surface area (Å²) in [5.41, 5.74) is 7.23. The molecule has 1 aliphatic carbocycles. The summed E-state index contributed by atoms with van der Waals surface area (Å²) < 4.78 is 13.4. The van der Waals surface area contributed by atoms with Gasteiger partial charge in [-0.25, -0.2) is 4.39 Å². The van der Waals surface area contributed by atoms with Crippen LogP contribution in [-0.2, 0) is 0 Å². The summed E-state index contributed by atoms with van der Waals surface area (Å²) in [6, 6.07) is 4.81. The van der Waals surface area contributed by atoms with Gasteiger partial charge >= 0.3 is 0 Å². The van der Waals surface area contributed by atoms with Gasteiger partial charge in [0, 0.05) is 12.6 Å². The molecule has 1 fully saturated rings. The van der Waals surface area contributed by atoms with Crippen molar-refractivity contribution in [1.82, 2.24) is 0 Å². The van der Waals surface area contributed by atoms with E-state index in [1.165, 1.54) is 31.4 Å². The van der Waals surface area contributed by atoms with Crippen LogP contribution in [0, 0.1) is 5.82 Å². The molecule has 100 valence electrons. The lowest BCUT2D eigenvalue weighted by atomic mass is 9.93. The van der Waals surface area contributed by atoms with Crippen LogP contribution >= 0.6 is 0 Å². The second-order valence-electron chi connectivity index (χ2n) is 4.91. The Hall–Kier alpha value is -1.29. The average Bonchev–Trinajstić information content (AvgIpc) is 2.40. The highest BCUT2D eigenvalue weighted by Gasteiger charge is 2.22. The Morgan fingerprint density at radius 2 is 2.00 bits per heavy atom. The largest absolute Gasteiger partial charge is 0.397 e. The summed E-state index contributed by atoms with van der Waals surface area (Å²) in [5.74, 6) is -0.280. The van der Waals surface area contributed by atoms with Gasteiger partial charge in [-0.2, -0.15) is 0 Å². The van der Waals surface area contributed by atoms with Crippen molar-refractivity contribution < 1.29 is 9.50 Å². The molecule has 0 heterocycles. The lowest BCUT2D eigenvalue weighted by Crippen LogP contribution is -2.39. The maximum atomic E-state index is 13.4. The Labute approximate surface area is 107 Å². The predicted octanol–water partition coefficient (Wildman–Crippen LogP) is 2.54. The molecule has 0 spiro atoms. The van der Waals surface area contributed by atoms with E-state index < -0.39 is 0 Å². The van der Waals surface area contributed by atoms with Crippen molar-refractivity contribution in [3.63, 3.8) is 0 Å². The fraction of sp³-hybridized carbons (Fsp3) is 0.571. The molecule has 0 unspecified atom stereocenters. The molecule has 3 nitrogen and oxygen atoms in total. The van der Waals surface area contributed by atoms with Crippen molar-refractivity contribution in [2.45, 2.75) is 38.1 Å². The van der Waals surface area contributed by atoms with E-state index in [0.717, 1.165) is 18.5 Å². The van der Waals surface area contributed by atoms with Gasteiger partial charge in [-0.1, -0.05) is 19.3 Å². The Kier molecular flexibility index (Phi) is 4.42. The van der Waals surface area contributed by atoms with Crippen molar-refractivity contribution in [2.75, 3.05) is 23.8 Å². The average molecular weight is 252 g/mol. The van der Waals surface area contributed by atoms with E-state index in [2.05, 4.69) is 4.90 Å². The predicted molar refractivity (Wildman–Crippen MR) is 72.1 cm³/mol. The molecule has 4 heteroatoms. The quantitative estimate of drug-likeness (QED) is 0.810. The lowest BCUT2D eigenvalue weighted by molar-refractivity contribution is 0.290. The molecule has 0 atom stereocenters. The summed E-state index contributed by atoms with van der Waals surface area (Å²) in [4.78, 5) is 2.07. The number of nitrogens with zero attached hydrogens (tertiary/aromatic N) is 1. The molecule has 1 aliphatic rings. The van der Waals surface area contributed by atoms with Crippen LogP contribution in [0.15, 0.2) is 18.2 Å². The van der Waals surface area contributed by atoms with Crippen molar-refractivity contribution >= 4 is 11.4 Å². The summed E-state index contributed by atoms with van der Waals surface area (Å²) in [5, 5.41) is 9.21. The number of hydrogen-bond donors (Lipinski definition) is 2. The molecular weight excluding hydrogens is 231 g/mol. The van der Waals surface area contributed by atoms with Gasteiger partial charge in [-0.05, 0) is 31.0 Å². The molecule has 2 rings (SSSR count). The highest BCUT2D eigenvalue weighted by atomic mass is 19.1. The van der Waals surface area contributed by atoms with E-state index in [4.69, 9.17) is 5.73 Å². The van der Waals surface area contributed by atoms with E-state index in [-0.39, 0.29) is 12.4 Å². The van der Waals surface area contributed by atoms with Gasteiger partial charge in [0.05, 0.1) is 18.0 Å². The molecule has 0 aliphatic heterocycles. The fourth-order valence-corrected chi connectivity index (χ4v) is 2.77. The summed E-state index contributed by atoms with van der Waals surface area (Å²) >= 11 is 0. The number of anilines is 2. The van der Waals surface area contributed by atoms with Crippen LogP contribution in [0.1, 0.15) is 32.1 Å². The second-order valence-corrected chi connectivity index (χ2v) is 4.91. The molecule has 0 amide bonds. The van der Waals surface area contributed by atoms with Crippen LogP contribution in [0.4, 0.5) is 15.8 Å². The fourth-order valence-electron chi connectivity index (χ4n) is 2.77. The number of hydrogen-bond acceptors (Lipinski definition) is 3.